The molecule has 0 amide bonds. The molecular weight excluding hydrogens is 472 g/mol. The summed E-state index contributed by atoms with van der Waals surface area (Å²) in [6.45, 7) is 15.5. The number of esters is 1. The van der Waals surface area contributed by atoms with E-state index in [4.69, 9.17) is 16.3 Å². The highest BCUT2D eigenvalue weighted by molar-refractivity contribution is 6.64. The molecule has 0 aliphatic heterocycles. The van der Waals surface area contributed by atoms with E-state index in [9.17, 15) is 14.4 Å². The normalized spacial score (nSPS) is 51.2. The van der Waals surface area contributed by atoms with Gasteiger partial charge in [0.25, 0.3) is 0 Å². The monoisotopic (exact) mass is 518 g/mol. The molecule has 202 valence electrons. The van der Waals surface area contributed by atoms with Crippen LogP contribution < -0.4 is 0 Å². The Morgan fingerprint density at radius 3 is 2.06 bits per heavy atom. The summed E-state index contributed by atoms with van der Waals surface area (Å²) in [6.07, 6.45) is 10.1. The van der Waals surface area contributed by atoms with Crippen molar-refractivity contribution >= 4 is 28.6 Å². The Labute approximate surface area is 223 Å². The molecule has 0 spiro atoms. The fraction of sp³-hybridized carbons (Fsp3) is 0.903. The van der Waals surface area contributed by atoms with Gasteiger partial charge in [0.05, 0.1) is 0 Å². The number of ether oxygens (including phenoxy) is 1. The van der Waals surface area contributed by atoms with E-state index in [1.54, 1.807) is 6.92 Å². The third-order valence-electron chi connectivity index (χ3n) is 13.6. The number of carbonyl (C=O) groups is 3. The number of hydrogen-bond donors (Lipinski definition) is 0. The van der Waals surface area contributed by atoms with E-state index in [1.807, 2.05) is 0 Å². The molecule has 5 saturated carbocycles. The third-order valence-corrected chi connectivity index (χ3v) is 14.0. The Morgan fingerprint density at radius 1 is 0.750 bits per heavy atom. The van der Waals surface area contributed by atoms with E-state index in [1.165, 1.54) is 13.3 Å². The molecule has 5 aliphatic carbocycles. The molecule has 5 fully saturated rings. The molecule has 0 aromatic heterocycles. The van der Waals surface area contributed by atoms with Crippen molar-refractivity contribution < 1.29 is 19.1 Å². The Morgan fingerprint density at radius 2 is 1.44 bits per heavy atom. The standard InChI is InChI=1S/C31H47ClO4/c1-18(33)20-10-15-31(26(32)35)17-16-29(6)21(25(20)31)8-9-23-28(5)13-12-24(36-19(2)34)27(3,4)22(28)11-14-30(23,29)7/h20-25H,8-17H2,1-7H3/t20-,21+,22-,23+,24-,25+,28-,29+,30+,31-/m0/s1. The van der Waals surface area contributed by atoms with Crippen molar-refractivity contribution in [1.82, 2.24) is 0 Å². The lowest BCUT2D eigenvalue weighted by atomic mass is 9.32. The van der Waals surface area contributed by atoms with Crippen LogP contribution in [-0.4, -0.2) is 23.1 Å². The highest BCUT2D eigenvalue weighted by Crippen LogP contribution is 2.77. The first-order valence-corrected chi connectivity index (χ1v) is 14.9. The van der Waals surface area contributed by atoms with Gasteiger partial charge >= 0.3 is 5.97 Å². The Bertz CT molecular complexity index is 974. The number of Topliss-reactive ketones (excluding diaryl/α,β-unsaturated/α-hetero) is 1. The molecular formula is C31H47ClO4. The largest absolute Gasteiger partial charge is 0.462 e. The zero-order valence-corrected chi connectivity index (χ0v) is 24.3. The lowest BCUT2D eigenvalue weighted by molar-refractivity contribution is -0.248. The minimum Gasteiger partial charge on any atom is -0.462 e. The van der Waals surface area contributed by atoms with Crippen LogP contribution in [0.25, 0.3) is 0 Å². The molecule has 0 saturated heterocycles. The summed E-state index contributed by atoms with van der Waals surface area (Å²) in [5.74, 6) is 1.64. The van der Waals surface area contributed by atoms with Gasteiger partial charge in [-0.15, -0.1) is 0 Å². The third kappa shape index (κ3) is 3.27. The number of carbonyl (C=O) groups excluding carboxylic acids is 3. The summed E-state index contributed by atoms with van der Waals surface area (Å²) in [7, 11) is 0. The van der Waals surface area contributed by atoms with E-state index in [-0.39, 0.29) is 56.6 Å². The summed E-state index contributed by atoms with van der Waals surface area (Å²) in [5, 5.41) is -0.188. The van der Waals surface area contributed by atoms with Crippen LogP contribution in [0.2, 0.25) is 0 Å². The highest BCUT2D eigenvalue weighted by Gasteiger charge is 2.72. The Kier molecular flexibility index (Phi) is 6.15. The van der Waals surface area contributed by atoms with Crippen molar-refractivity contribution in [1.29, 1.82) is 0 Å². The predicted octanol–water partition coefficient (Wildman–Crippen LogP) is 7.35. The van der Waals surface area contributed by atoms with E-state index in [2.05, 4.69) is 34.6 Å². The summed E-state index contributed by atoms with van der Waals surface area (Å²) >= 11 is 6.38. The molecule has 0 aromatic carbocycles. The summed E-state index contributed by atoms with van der Waals surface area (Å²) in [5.41, 5.74) is -0.0873. The molecule has 0 N–H and O–H groups in total. The van der Waals surface area contributed by atoms with E-state index in [0.29, 0.717) is 17.8 Å². The molecule has 5 heteroatoms. The molecule has 0 heterocycles. The minimum absolute atomic E-state index is 0.01000. The van der Waals surface area contributed by atoms with Crippen LogP contribution in [0.5, 0.6) is 0 Å². The van der Waals surface area contributed by atoms with Crippen molar-refractivity contribution in [3.63, 3.8) is 0 Å². The van der Waals surface area contributed by atoms with Gasteiger partial charge in [0.15, 0.2) is 0 Å². The first-order chi connectivity index (χ1) is 16.6. The van der Waals surface area contributed by atoms with Crippen molar-refractivity contribution in [3.05, 3.63) is 0 Å². The SMILES string of the molecule is CC(=O)O[C@H]1CC[C@]2(C)[C@H]3CC[C@@H]4[C@H]5[C@H](C(C)=O)CC[C@]5(C(=O)Cl)CC[C@@]4(C)[C@]3(C)CC[C@H]2C1(C)C. The van der Waals surface area contributed by atoms with Crippen LogP contribution in [-0.2, 0) is 19.1 Å². The summed E-state index contributed by atoms with van der Waals surface area (Å²) in [4.78, 5) is 37.7. The van der Waals surface area contributed by atoms with Gasteiger partial charge in [0.2, 0.25) is 5.24 Å². The van der Waals surface area contributed by atoms with Crippen molar-refractivity contribution in [2.75, 3.05) is 0 Å². The molecule has 5 aliphatic rings. The minimum atomic E-state index is -0.504. The summed E-state index contributed by atoms with van der Waals surface area (Å²) < 4.78 is 5.87. The van der Waals surface area contributed by atoms with E-state index in [0.717, 1.165) is 57.8 Å². The van der Waals surface area contributed by atoms with Gasteiger partial charge in [-0.3, -0.25) is 14.4 Å². The predicted molar refractivity (Wildman–Crippen MR) is 141 cm³/mol. The maximum Gasteiger partial charge on any atom is 0.302 e. The van der Waals surface area contributed by atoms with Gasteiger partial charge in [0.1, 0.15) is 11.9 Å². The van der Waals surface area contributed by atoms with Gasteiger partial charge in [-0.25, -0.2) is 0 Å². The quantitative estimate of drug-likeness (QED) is 0.289. The number of fused-ring (bicyclic) bond motifs is 7. The van der Waals surface area contributed by atoms with Crippen LogP contribution in [0, 0.1) is 56.7 Å². The van der Waals surface area contributed by atoms with Crippen LogP contribution in [0.3, 0.4) is 0 Å². The first kappa shape index (κ1) is 26.7. The van der Waals surface area contributed by atoms with Gasteiger partial charge in [0, 0.05) is 23.7 Å². The van der Waals surface area contributed by atoms with Crippen LogP contribution in [0.15, 0.2) is 0 Å². The summed E-state index contributed by atoms with van der Waals surface area (Å²) in [6, 6.07) is 0. The van der Waals surface area contributed by atoms with Crippen LogP contribution in [0.1, 0.15) is 113 Å². The highest BCUT2D eigenvalue weighted by atomic mass is 35.5. The average molecular weight is 519 g/mol. The molecule has 5 rings (SSSR count). The second-order valence-electron chi connectivity index (χ2n) is 14.8. The van der Waals surface area contributed by atoms with Crippen LogP contribution in [0.4, 0.5) is 0 Å². The molecule has 0 aromatic rings. The zero-order chi connectivity index (χ0) is 26.5. The lowest BCUT2D eigenvalue weighted by Gasteiger charge is -2.72. The molecule has 0 bridgehead atoms. The molecule has 36 heavy (non-hydrogen) atoms. The Hall–Kier alpha value is -0.900. The van der Waals surface area contributed by atoms with Gasteiger partial charge in [-0.2, -0.15) is 0 Å². The second kappa shape index (κ2) is 8.30. The van der Waals surface area contributed by atoms with Crippen molar-refractivity contribution in [2.24, 2.45) is 56.7 Å². The second-order valence-corrected chi connectivity index (χ2v) is 15.2. The topological polar surface area (TPSA) is 60.4 Å². The van der Waals surface area contributed by atoms with Gasteiger partial charge in [-0.1, -0.05) is 34.6 Å². The first-order valence-electron chi connectivity index (χ1n) is 14.5. The average Bonchev–Trinajstić information content (AvgIpc) is 3.17. The smallest absolute Gasteiger partial charge is 0.302 e. The van der Waals surface area contributed by atoms with Gasteiger partial charge < -0.3 is 4.74 Å². The molecule has 0 unspecified atom stereocenters. The molecule has 0 radical (unpaired) electrons. The zero-order valence-electron chi connectivity index (χ0n) is 23.5. The van der Waals surface area contributed by atoms with Crippen molar-refractivity contribution in [2.45, 2.75) is 119 Å². The molecule has 4 nitrogen and oxygen atoms in total. The fourth-order valence-electron chi connectivity index (χ4n) is 11.8. The maximum absolute atomic E-state index is 12.9. The Balaban J connectivity index is 1.52. The van der Waals surface area contributed by atoms with Crippen LogP contribution >= 0.6 is 11.6 Å². The fourth-order valence-corrected chi connectivity index (χ4v) is 12.1. The maximum atomic E-state index is 12.9. The number of rotatable bonds is 3. The van der Waals surface area contributed by atoms with Crippen molar-refractivity contribution in [3.8, 4) is 0 Å². The number of hydrogen-bond acceptors (Lipinski definition) is 4. The van der Waals surface area contributed by atoms with E-state index < -0.39 is 5.41 Å². The lowest BCUT2D eigenvalue weighted by Crippen LogP contribution is -2.67. The number of ketones is 1. The molecule has 10 atom stereocenters. The van der Waals surface area contributed by atoms with E-state index >= 15 is 0 Å². The van der Waals surface area contributed by atoms with Gasteiger partial charge in [-0.05, 0) is 123 Å². The number of halogens is 1.